The Morgan fingerprint density at radius 3 is 2.68 bits per heavy atom. The molecule has 0 radical (unpaired) electrons. The summed E-state index contributed by atoms with van der Waals surface area (Å²) < 4.78 is 5.73. The largest absolute Gasteiger partial charge is 0.493 e. The zero-order valence-electron chi connectivity index (χ0n) is 11.0. The minimum absolute atomic E-state index is 0.668. The number of ether oxygens (including phenoxy) is 1. The van der Waals surface area contributed by atoms with Gasteiger partial charge in [-0.3, -0.25) is 4.98 Å². The van der Waals surface area contributed by atoms with Crippen LogP contribution in [0.3, 0.4) is 0 Å². The topological polar surface area (TPSA) is 45.9 Å². The van der Waals surface area contributed by atoms with Gasteiger partial charge in [0.15, 0.2) is 0 Å². The van der Waals surface area contributed by atoms with E-state index < -0.39 is 0 Å². The highest BCUT2D eigenvalue weighted by molar-refractivity contribution is 5.41. The third-order valence-electron chi connectivity index (χ3n) is 2.92. The fourth-order valence-corrected chi connectivity index (χ4v) is 1.89. The van der Waals surface area contributed by atoms with Crippen molar-refractivity contribution in [3.8, 4) is 11.8 Å². The van der Waals surface area contributed by atoms with E-state index in [0.29, 0.717) is 12.2 Å². The van der Waals surface area contributed by atoms with Crippen LogP contribution < -0.4 is 4.74 Å². The van der Waals surface area contributed by atoms with E-state index in [9.17, 15) is 0 Å². The van der Waals surface area contributed by atoms with E-state index in [0.717, 1.165) is 24.2 Å². The average molecular weight is 252 g/mol. The first-order chi connectivity index (χ1) is 9.29. The second kappa shape index (κ2) is 6.55. The smallest absolute Gasteiger partial charge is 0.122 e. The van der Waals surface area contributed by atoms with Crippen LogP contribution in [-0.4, -0.2) is 11.6 Å². The number of nitrogens with zero attached hydrogens (tertiary/aromatic N) is 2. The van der Waals surface area contributed by atoms with Gasteiger partial charge in [0.05, 0.1) is 18.2 Å². The molecule has 1 aromatic heterocycles. The lowest BCUT2D eigenvalue weighted by Gasteiger charge is -2.09. The van der Waals surface area contributed by atoms with Crippen LogP contribution in [0.1, 0.15) is 23.1 Å². The number of aromatic nitrogens is 1. The molecule has 3 nitrogen and oxygen atoms in total. The predicted molar refractivity (Wildman–Crippen MR) is 73.9 cm³/mol. The van der Waals surface area contributed by atoms with Crippen LogP contribution in [0.15, 0.2) is 42.7 Å². The summed E-state index contributed by atoms with van der Waals surface area (Å²) in [5, 5.41) is 8.80. The molecule has 0 N–H and O–H groups in total. The molecule has 0 aliphatic heterocycles. The summed E-state index contributed by atoms with van der Waals surface area (Å²) in [6.07, 6.45) is 5.56. The number of pyridine rings is 1. The molecule has 0 saturated carbocycles. The molecule has 0 saturated heterocycles. The molecule has 1 heterocycles. The zero-order valence-corrected chi connectivity index (χ0v) is 11.0. The number of benzene rings is 1. The molecule has 1 aromatic carbocycles. The van der Waals surface area contributed by atoms with Crippen molar-refractivity contribution >= 4 is 0 Å². The Bertz CT molecular complexity index is 573. The molecule has 0 bridgehead atoms. The molecule has 0 amide bonds. The molecule has 3 heteroatoms. The highest BCUT2D eigenvalue weighted by atomic mass is 16.5. The minimum atomic E-state index is 0.668. The molecular formula is C16H16N2O. The lowest BCUT2D eigenvalue weighted by molar-refractivity contribution is 0.309. The van der Waals surface area contributed by atoms with Gasteiger partial charge in [-0.2, -0.15) is 5.26 Å². The van der Waals surface area contributed by atoms with E-state index in [1.54, 1.807) is 18.5 Å². The first-order valence-electron chi connectivity index (χ1n) is 6.32. The van der Waals surface area contributed by atoms with Gasteiger partial charge in [-0.25, -0.2) is 0 Å². The van der Waals surface area contributed by atoms with Crippen molar-refractivity contribution in [2.24, 2.45) is 0 Å². The zero-order chi connectivity index (χ0) is 13.5. The van der Waals surface area contributed by atoms with Gasteiger partial charge >= 0.3 is 0 Å². The normalized spacial score (nSPS) is 9.89. The van der Waals surface area contributed by atoms with E-state index in [1.165, 1.54) is 5.56 Å². The van der Waals surface area contributed by atoms with Crippen molar-refractivity contribution < 1.29 is 4.74 Å². The van der Waals surface area contributed by atoms with Gasteiger partial charge in [0.2, 0.25) is 0 Å². The van der Waals surface area contributed by atoms with Crippen LogP contribution in [0.25, 0.3) is 0 Å². The third-order valence-corrected chi connectivity index (χ3v) is 2.92. The first-order valence-corrected chi connectivity index (χ1v) is 6.32. The molecule has 0 spiro atoms. The number of aryl methyl sites for hydroxylation is 2. The average Bonchev–Trinajstić information content (AvgIpc) is 2.46. The Morgan fingerprint density at radius 2 is 2.00 bits per heavy atom. The summed E-state index contributed by atoms with van der Waals surface area (Å²) in [4.78, 5) is 3.99. The monoisotopic (exact) mass is 252 g/mol. The highest BCUT2D eigenvalue weighted by Gasteiger charge is 2.01. The van der Waals surface area contributed by atoms with E-state index in [4.69, 9.17) is 10.00 Å². The van der Waals surface area contributed by atoms with Gasteiger partial charge in [-0.05, 0) is 61.2 Å². The number of rotatable bonds is 5. The summed E-state index contributed by atoms with van der Waals surface area (Å²) in [5.41, 5.74) is 2.94. The van der Waals surface area contributed by atoms with E-state index in [1.807, 2.05) is 31.2 Å². The molecule has 0 aliphatic carbocycles. The van der Waals surface area contributed by atoms with Crippen molar-refractivity contribution in [2.45, 2.75) is 19.8 Å². The molecular weight excluding hydrogens is 236 g/mol. The van der Waals surface area contributed by atoms with Gasteiger partial charge in [0.25, 0.3) is 0 Å². The Morgan fingerprint density at radius 1 is 1.21 bits per heavy atom. The van der Waals surface area contributed by atoms with Crippen molar-refractivity contribution in [1.82, 2.24) is 4.98 Å². The van der Waals surface area contributed by atoms with Crippen LogP contribution in [0.2, 0.25) is 0 Å². The number of hydrogen-bond donors (Lipinski definition) is 0. The molecule has 19 heavy (non-hydrogen) atoms. The fourth-order valence-electron chi connectivity index (χ4n) is 1.89. The van der Waals surface area contributed by atoms with Crippen molar-refractivity contribution in [2.75, 3.05) is 6.61 Å². The number of hydrogen-bond acceptors (Lipinski definition) is 3. The van der Waals surface area contributed by atoms with Crippen molar-refractivity contribution in [3.05, 3.63) is 59.4 Å². The highest BCUT2D eigenvalue weighted by Crippen LogP contribution is 2.19. The first kappa shape index (κ1) is 13.1. The summed E-state index contributed by atoms with van der Waals surface area (Å²) >= 11 is 0. The maximum absolute atomic E-state index is 8.80. The van der Waals surface area contributed by atoms with Crippen molar-refractivity contribution in [3.63, 3.8) is 0 Å². The van der Waals surface area contributed by atoms with Gasteiger partial charge in [-0.15, -0.1) is 0 Å². The Kier molecular flexibility index (Phi) is 4.52. The Balaban J connectivity index is 1.82. The van der Waals surface area contributed by atoms with Gasteiger partial charge < -0.3 is 4.74 Å². The minimum Gasteiger partial charge on any atom is -0.493 e. The van der Waals surface area contributed by atoms with E-state index in [2.05, 4.69) is 11.1 Å². The van der Waals surface area contributed by atoms with E-state index in [-0.39, 0.29) is 0 Å². The lowest BCUT2D eigenvalue weighted by Crippen LogP contribution is -2.01. The summed E-state index contributed by atoms with van der Waals surface area (Å²) in [6.45, 7) is 2.63. The Hall–Kier alpha value is -2.34. The molecule has 2 rings (SSSR count). The van der Waals surface area contributed by atoms with Gasteiger partial charge in [0, 0.05) is 12.4 Å². The second-order valence-corrected chi connectivity index (χ2v) is 4.40. The van der Waals surface area contributed by atoms with Crippen molar-refractivity contribution in [1.29, 1.82) is 5.26 Å². The van der Waals surface area contributed by atoms with Gasteiger partial charge in [-0.1, -0.05) is 0 Å². The molecule has 0 aliphatic rings. The van der Waals surface area contributed by atoms with Crippen LogP contribution in [0.5, 0.6) is 5.75 Å². The lowest BCUT2D eigenvalue weighted by atomic mass is 10.1. The molecule has 0 fully saturated rings. The summed E-state index contributed by atoms with van der Waals surface area (Å²) in [7, 11) is 0. The summed E-state index contributed by atoms with van der Waals surface area (Å²) in [6, 6.07) is 11.7. The quantitative estimate of drug-likeness (QED) is 0.767. The standard InChI is InChI=1S/C16H16N2O/c1-13-11-15(12-17)4-5-16(13)19-10-2-3-14-6-8-18-9-7-14/h4-9,11H,2-3,10H2,1H3. The molecule has 0 unspecified atom stereocenters. The fraction of sp³-hybridized carbons (Fsp3) is 0.250. The van der Waals surface area contributed by atoms with Crippen LogP contribution in [0.4, 0.5) is 0 Å². The maximum Gasteiger partial charge on any atom is 0.122 e. The Labute approximate surface area is 113 Å². The van der Waals surface area contributed by atoms with Crippen LogP contribution in [0, 0.1) is 18.3 Å². The third kappa shape index (κ3) is 3.82. The van der Waals surface area contributed by atoms with E-state index >= 15 is 0 Å². The molecule has 0 atom stereocenters. The second-order valence-electron chi connectivity index (χ2n) is 4.40. The molecule has 2 aromatic rings. The van der Waals surface area contributed by atoms with Crippen LogP contribution >= 0.6 is 0 Å². The SMILES string of the molecule is Cc1cc(C#N)ccc1OCCCc1ccncc1. The number of nitriles is 1. The predicted octanol–water partition coefficient (Wildman–Crippen LogP) is 3.27. The van der Waals surface area contributed by atoms with Gasteiger partial charge in [0.1, 0.15) is 5.75 Å². The summed E-state index contributed by atoms with van der Waals surface area (Å²) in [5.74, 6) is 0.855. The molecule has 96 valence electrons. The maximum atomic E-state index is 8.80. The van der Waals surface area contributed by atoms with Crippen LogP contribution in [-0.2, 0) is 6.42 Å².